The first-order valence-electron chi connectivity index (χ1n) is 8.21. The molecule has 0 atom stereocenters. The summed E-state index contributed by atoms with van der Waals surface area (Å²) in [6, 6.07) is 0. The van der Waals surface area contributed by atoms with Crippen molar-refractivity contribution in [1.29, 1.82) is 0 Å². The molecule has 1 aliphatic rings. The van der Waals surface area contributed by atoms with Crippen LogP contribution in [0.3, 0.4) is 0 Å². The van der Waals surface area contributed by atoms with Crippen molar-refractivity contribution in [3.05, 3.63) is 0 Å². The Bertz CT molecular complexity index is 182. The van der Waals surface area contributed by atoms with E-state index in [0.717, 1.165) is 32.2 Å². The summed E-state index contributed by atoms with van der Waals surface area (Å²) in [6.07, 6.45) is 11.7. The summed E-state index contributed by atoms with van der Waals surface area (Å²) in [7, 11) is 1.76. The van der Waals surface area contributed by atoms with Crippen LogP contribution in [-0.2, 0) is 9.47 Å². The van der Waals surface area contributed by atoms with Crippen LogP contribution in [0.5, 0.6) is 0 Å². The number of piperidine rings is 1. The van der Waals surface area contributed by atoms with E-state index in [4.69, 9.17) is 9.47 Å². The molecule has 114 valence electrons. The maximum atomic E-state index is 5.66. The Kier molecular flexibility index (Phi) is 11.5. The van der Waals surface area contributed by atoms with E-state index in [9.17, 15) is 0 Å². The molecule has 0 bridgehead atoms. The lowest BCUT2D eigenvalue weighted by molar-refractivity contribution is 0.122. The molecule has 1 N–H and O–H groups in total. The second-order valence-electron chi connectivity index (χ2n) is 5.71. The maximum Gasteiger partial charge on any atom is 0.0466 e. The van der Waals surface area contributed by atoms with Crippen LogP contribution < -0.4 is 5.32 Å². The molecule has 0 unspecified atom stereocenters. The van der Waals surface area contributed by atoms with Gasteiger partial charge in [-0.3, -0.25) is 0 Å². The van der Waals surface area contributed by atoms with Crippen molar-refractivity contribution in [2.75, 3.05) is 40.0 Å². The third-order valence-corrected chi connectivity index (χ3v) is 4.00. The fraction of sp³-hybridized carbons (Fsp3) is 1.00. The van der Waals surface area contributed by atoms with Crippen molar-refractivity contribution in [2.45, 2.75) is 57.8 Å². The van der Waals surface area contributed by atoms with Gasteiger partial charge in [-0.1, -0.05) is 19.3 Å². The van der Waals surface area contributed by atoms with Gasteiger partial charge in [0.1, 0.15) is 0 Å². The molecule has 19 heavy (non-hydrogen) atoms. The van der Waals surface area contributed by atoms with Crippen molar-refractivity contribution in [1.82, 2.24) is 5.32 Å². The maximum absolute atomic E-state index is 5.66. The van der Waals surface area contributed by atoms with Gasteiger partial charge in [-0.2, -0.15) is 0 Å². The normalized spacial score (nSPS) is 16.9. The Morgan fingerprint density at radius 2 is 1.47 bits per heavy atom. The van der Waals surface area contributed by atoms with Crippen LogP contribution >= 0.6 is 0 Å². The summed E-state index contributed by atoms with van der Waals surface area (Å²) >= 11 is 0. The molecule has 3 nitrogen and oxygen atoms in total. The lowest BCUT2D eigenvalue weighted by Crippen LogP contribution is -2.27. The number of hydrogen-bond acceptors (Lipinski definition) is 3. The van der Waals surface area contributed by atoms with Gasteiger partial charge < -0.3 is 14.8 Å². The molecule has 0 saturated carbocycles. The van der Waals surface area contributed by atoms with Gasteiger partial charge in [0.25, 0.3) is 0 Å². The smallest absolute Gasteiger partial charge is 0.0466 e. The first-order chi connectivity index (χ1) is 9.43. The Balaban J connectivity index is 1.71. The summed E-state index contributed by atoms with van der Waals surface area (Å²) < 4.78 is 10.7. The third kappa shape index (κ3) is 10.3. The van der Waals surface area contributed by atoms with Crippen LogP contribution in [0.15, 0.2) is 0 Å². The molecule has 0 aromatic heterocycles. The minimum Gasteiger partial charge on any atom is -0.385 e. The highest BCUT2D eigenvalue weighted by atomic mass is 16.5. The van der Waals surface area contributed by atoms with Crippen molar-refractivity contribution < 1.29 is 9.47 Å². The Morgan fingerprint density at radius 3 is 2.16 bits per heavy atom. The molecular weight excluding hydrogens is 238 g/mol. The highest BCUT2D eigenvalue weighted by Crippen LogP contribution is 2.19. The van der Waals surface area contributed by atoms with E-state index in [1.165, 1.54) is 64.5 Å². The Morgan fingerprint density at radius 1 is 0.842 bits per heavy atom. The number of methoxy groups -OCH3 is 1. The number of rotatable bonds is 12. The Hall–Kier alpha value is -0.120. The molecule has 0 amide bonds. The first-order valence-corrected chi connectivity index (χ1v) is 8.21. The summed E-state index contributed by atoms with van der Waals surface area (Å²) in [5, 5.41) is 3.43. The van der Waals surface area contributed by atoms with Gasteiger partial charge >= 0.3 is 0 Å². The summed E-state index contributed by atoms with van der Waals surface area (Å²) in [5.41, 5.74) is 0. The van der Waals surface area contributed by atoms with Crippen molar-refractivity contribution in [3.63, 3.8) is 0 Å². The SMILES string of the molecule is COCCCCCOCCCCCC1CCNCC1. The molecule has 1 saturated heterocycles. The third-order valence-electron chi connectivity index (χ3n) is 4.00. The van der Waals surface area contributed by atoms with Crippen molar-refractivity contribution in [3.8, 4) is 0 Å². The van der Waals surface area contributed by atoms with Gasteiger partial charge in [0.05, 0.1) is 0 Å². The fourth-order valence-corrected chi connectivity index (χ4v) is 2.71. The number of ether oxygens (including phenoxy) is 2. The highest BCUT2D eigenvalue weighted by Gasteiger charge is 2.11. The van der Waals surface area contributed by atoms with Gasteiger partial charge in [-0.15, -0.1) is 0 Å². The zero-order chi connectivity index (χ0) is 13.6. The second-order valence-corrected chi connectivity index (χ2v) is 5.71. The van der Waals surface area contributed by atoms with Crippen LogP contribution in [0.25, 0.3) is 0 Å². The predicted octanol–water partition coefficient (Wildman–Crippen LogP) is 3.38. The van der Waals surface area contributed by atoms with Crippen LogP contribution in [0.4, 0.5) is 0 Å². The molecule has 0 aliphatic carbocycles. The molecule has 0 aromatic rings. The minimum absolute atomic E-state index is 0.886. The molecular formula is C16H33NO2. The topological polar surface area (TPSA) is 30.5 Å². The Labute approximate surface area is 119 Å². The highest BCUT2D eigenvalue weighted by molar-refractivity contribution is 4.68. The molecule has 0 spiro atoms. The van der Waals surface area contributed by atoms with E-state index in [-0.39, 0.29) is 0 Å². The zero-order valence-electron chi connectivity index (χ0n) is 12.8. The average molecular weight is 271 g/mol. The fourth-order valence-electron chi connectivity index (χ4n) is 2.71. The van der Waals surface area contributed by atoms with Crippen LogP contribution in [0, 0.1) is 5.92 Å². The monoisotopic (exact) mass is 271 g/mol. The van der Waals surface area contributed by atoms with E-state index in [2.05, 4.69) is 5.32 Å². The minimum atomic E-state index is 0.886. The molecule has 1 rings (SSSR count). The van der Waals surface area contributed by atoms with Crippen LogP contribution in [0.1, 0.15) is 57.8 Å². The number of unbranched alkanes of at least 4 members (excludes halogenated alkanes) is 4. The van der Waals surface area contributed by atoms with Crippen LogP contribution in [0.2, 0.25) is 0 Å². The quantitative estimate of drug-likeness (QED) is 0.552. The van der Waals surface area contributed by atoms with Gasteiger partial charge in [-0.05, 0) is 57.5 Å². The largest absolute Gasteiger partial charge is 0.385 e. The van der Waals surface area contributed by atoms with E-state index in [1.54, 1.807) is 7.11 Å². The summed E-state index contributed by atoms with van der Waals surface area (Å²) in [6.45, 7) is 5.24. The molecule has 0 radical (unpaired) electrons. The van der Waals surface area contributed by atoms with Gasteiger partial charge in [0.15, 0.2) is 0 Å². The lowest BCUT2D eigenvalue weighted by atomic mass is 9.92. The average Bonchev–Trinajstić information content (AvgIpc) is 2.46. The number of nitrogens with one attached hydrogen (secondary N) is 1. The van der Waals surface area contributed by atoms with E-state index in [1.807, 2.05) is 0 Å². The first kappa shape index (κ1) is 16.9. The van der Waals surface area contributed by atoms with Gasteiger partial charge in [-0.25, -0.2) is 0 Å². The predicted molar refractivity (Wildman–Crippen MR) is 80.6 cm³/mol. The van der Waals surface area contributed by atoms with Gasteiger partial charge in [0.2, 0.25) is 0 Å². The van der Waals surface area contributed by atoms with Crippen LogP contribution in [-0.4, -0.2) is 40.0 Å². The van der Waals surface area contributed by atoms with Crippen molar-refractivity contribution in [2.24, 2.45) is 5.92 Å². The molecule has 1 fully saturated rings. The molecule has 3 heteroatoms. The molecule has 0 aromatic carbocycles. The van der Waals surface area contributed by atoms with E-state index in [0.29, 0.717) is 0 Å². The number of hydrogen-bond donors (Lipinski definition) is 1. The summed E-state index contributed by atoms with van der Waals surface area (Å²) in [5.74, 6) is 0.989. The zero-order valence-corrected chi connectivity index (χ0v) is 12.8. The molecule has 1 heterocycles. The molecule has 1 aliphatic heterocycles. The standard InChI is InChI=1S/C16H33NO2/c1-18-13-5-3-7-15-19-14-6-2-4-8-16-9-11-17-12-10-16/h16-17H,2-15H2,1H3. The lowest BCUT2D eigenvalue weighted by Gasteiger charge is -2.22. The van der Waals surface area contributed by atoms with Gasteiger partial charge in [0, 0.05) is 26.9 Å². The second kappa shape index (κ2) is 12.9. The van der Waals surface area contributed by atoms with E-state index < -0.39 is 0 Å². The van der Waals surface area contributed by atoms with Crippen molar-refractivity contribution >= 4 is 0 Å². The van der Waals surface area contributed by atoms with E-state index >= 15 is 0 Å². The summed E-state index contributed by atoms with van der Waals surface area (Å²) in [4.78, 5) is 0.